The monoisotopic (exact) mass is 194 g/mol. The summed E-state index contributed by atoms with van der Waals surface area (Å²) < 4.78 is 13.1. The highest BCUT2D eigenvalue weighted by Gasteiger charge is 2.04. The highest BCUT2D eigenvalue weighted by atomic mass is 19.1. The molecule has 2 nitrogen and oxygen atoms in total. The van der Waals surface area contributed by atoms with Crippen LogP contribution in [-0.2, 0) is 0 Å². The minimum atomic E-state index is -0.247. The number of hydrogen-bond acceptors (Lipinski definition) is 1. The van der Waals surface area contributed by atoms with Crippen molar-refractivity contribution in [3.05, 3.63) is 29.6 Å². The highest BCUT2D eigenvalue weighted by Crippen LogP contribution is 2.21. The quantitative estimate of drug-likeness (QED) is 0.570. The molecule has 14 heavy (non-hydrogen) atoms. The Balaban J connectivity index is 3.09. The summed E-state index contributed by atoms with van der Waals surface area (Å²) in [6.07, 6.45) is 0. The molecule has 0 aliphatic heterocycles. The fourth-order valence-corrected chi connectivity index (χ4v) is 0.985. The Morgan fingerprint density at radius 1 is 1.43 bits per heavy atom. The van der Waals surface area contributed by atoms with Crippen LogP contribution in [0.2, 0.25) is 0 Å². The van der Waals surface area contributed by atoms with Gasteiger partial charge in [-0.1, -0.05) is 19.9 Å². The van der Waals surface area contributed by atoms with Crippen molar-refractivity contribution in [2.24, 2.45) is 16.6 Å². The standard InChI is InChI=1S/C11H15FN2/c1-7(2)11(13)14-10-6-4-5-9(12)8(10)3/h4-7H,1-3H3,(H2,13,14). The average Bonchev–Trinajstić information content (AvgIpc) is 2.12. The second-order valence-electron chi connectivity index (χ2n) is 3.58. The third kappa shape index (κ3) is 2.31. The maximum absolute atomic E-state index is 13.1. The second-order valence-corrected chi connectivity index (χ2v) is 3.58. The van der Waals surface area contributed by atoms with E-state index in [4.69, 9.17) is 5.73 Å². The smallest absolute Gasteiger partial charge is 0.128 e. The predicted molar refractivity (Wildman–Crippen MR) is 57.3 cm³/mol. The van der Waals surface area contributed by atoms with Gasteiger partial charge in [0.15, 0.2) is 0 Å². The Morgan fingerprint density at radius 2 is 2.07 bits per heavy atom. The topological polar surface area (TPSA) is 38.4 Å². The van der Waals surface area contributed by atoms with Crippen molar-refractivity contribution in [3.63, 3.8) is 0 Å². The van der Waals surface area contributed by atoms with Crippen molar-refractivity contribution in [2.75, 3.05) is 0 Å². The van der Waals surface area contributed by atoms with Crippen LogP contribution < -0.4 is 5.73 Å². The molecule has 0 radical (unpaired) electrons. The zero-order chi connectivity index (χ0) is 10.7. The molecule has 3 heteroatoms. The average molecular weight is 194 g/mol. The summed E-state index contributed by atoms with van der Waals surface area (Å²) in [5.41, 5.74) is 6.84. The van der Waals surface area contributed by atoms with Crippen molar-refractivity contribution < 1.29 is 4.39 Å². The molecule has 0 saturated carbocycles. The van der Waals surface area contributed by atoms with Crippen LogP contribution in [0.5, 0.6) is 0 Å². The molecule has 76 valence electrons. The summed E-state index contributed by atoms with van der Waals surface area (Å²) in [4.78, 5) is 4.17. The summed E-state index contributed by atoms with van der Waals surface area (Å²) in [6, 6.07) is 4.81. The molecule has 0 unspecified atom stereocenters. The van der Waals surface area contributed by atoms with Crippen LogP contribution >= 0.6 is 0 Å². The first-order chi connectivity index (χ1) is 6.52. The van der Waals surface area contributed by atoms with Crippen LogP contribution in [0.1, 0.15) is 19.4 Å². The zero-order valence-corrected chi connectivity index (χ0v) is 8.71. The predicted octanol–water partition coefficient (Wildman–Crippen LogP) is 2.78. The number of nitrogens with two attached hydrogens (primary N) is 1. The summed E-state index contributed by atoms with van der Waals surface area (Å²) >= 11 is 0. The molecule has 0 aliphatic carbocycles. The van der Waals surface area contributed by atoms with Gasteiger partial charge in [0.25, 0.3) is 0 Å². The normalized spacial score (nSPS) is 12.2. The van der Waals surface area contributed by atoms with Crippen LogP contribution in [0.15, 0.2) is 23.2 Å². The third-order valence-electron chi connectivity index (χ3n) is 2.08. The molecule has 0 fully saturated rings. The number of hydrogen-bond donors (Lipinski definition) is 1. The van der Waals surface area contributed by atoms with Crippen LogP contribution in [-0.4, -0.2) is 5.84 Å². The van der Waals surface area contributed by atoms with Crippen molar-refractivity contribution in [3.8, 4) is 0 Å². The van der Waals surface area contributed by atoms with E-state index in [2.05, 4.69) is 4.99 Å². The minimum Gasteiger partial charge on any atom is -0.387 e. The number of nitrogens with zero attached hydrogens (tertiary/aromatic N) is 1. The van der Waals surface area contributed by atoms with Crippen LogP contribution in [0.4, 0.5) is 10.1 Å². The molecule has 0 atom stereocenters. The molecule has 2 N–H and O–H groups in total. The molecule has 0 spiro atoms. The molecule has 0 heterocycles. The van der Waals surface area contributed by atoms with Gasteiger partial charge in [-0.05, 0) is 19.1 Å². The molecule has 0 amide bonds. The molecule has 0 aromatic heterocycles. The lowest BCUT2D eigenvalue weighted by Gasteiger charge is -2.06. The molecule has 1 aromatic rings. The van der Waals surface area contributed by atoms with Crippen LogP contribution in [0, 0.1) is 18.7 Å². The Labute approximate surface area is 83.7 Å². The molecule has 0 saturated heterocycles. The molecular weight excluding hydrogens is 179 g/mol. The van der Waals surface area contributed by atoms with E-state index in [0.29, 0.717) is 17.1 Å². The van der Waals surface area contributed by atoms with Gasteiger partial charge < -0.3 is 5.73 Å². The molecule has 1 aromatic carbocycles. The number of rotatable bonds is 2. The molecule has 1 rings (SSSR count). The van der Waals surface area contributed by atoms with E-state index in [1.165, 1.54) is 6.07 Å². The van der Waals surface area contributed by atoms with E-state index in [-0.39, 0.29) is 11.7 Å². The van der Waals surface area contributed by atoms with E-state index < -0.39 is 0 Å². The number of halogens is 1. The van der Waals surface area contributed by atoms with Crippen LogP contribution in [0.25, 0.3) is 0 Å². The lowest BCUT2D eigenvalue weighted by Crippen LogP contribution is -2.18. The summed E-state index contributed by atoms with van der Waals surface area (Å²) in [5, 5.41) is 0. The minimum absolute atomic E-state index is 0.178. The van der Waals surface area contributed by atoms with Crippen molar-refractivity contribution in [1.29, 1.82) is 0 Å². The first-order valence-electron chi connectivity index (χ1n) is 4.61. The lowest BCUT2D eigenvalue weighted by molar-refractivity contribution is 0.619. The fraction of sp³-hybridized carbons (Fsp3) is 0.364. The first kappa shape index (κ1) is 10.7. The number of benzene rings is 1. The highest BCUT2D eigenvalue weighted by molar-refractivity contribution is 5.85. The van der Waals surface area contributed by atoms with Gasteiger partial charge in [0.2, 0.25) is 0 Å². The van der Waals surface area contributed by atoms with Gasteiger partial charge >= 0.3 is 0 Å². The summed E-state index contributed by atoms with van der Waals surface area (Å²) in [7, 11) is 0. The number of aliphatic imine (C=N–C) groups is 1. The summed E-state index contributed by atoms with van der Waals surface area (Å²) in [5.74, 6) is 0.458. The van der Waals surface area contributed by atoms with Gasteiger partial charge in [-0.2, -0.15) is 0 Å². The van der Waals surface area contributed by atoms with Gasteiger partial charge in [0.05, 0.1) is 5.69 Å². The lowest BCUT2D eigenvalue weighted by atomic mass is 10.1. The molecular formula is C11H15FN2. The third-order valence-corrected chi connectivity index (χ3v) is 2.08. The maximum Gasteiger partial charge on any atom is 0.128 e. The van der Waals surface area contributed by atoms with Gasteiger partial charge in [-0.25, -0.2) is 9.38 Å². The maximum atomic E-state index is 13.1. The Morgan fingerprint density at radius 3 is 2.64 bits per heavy atom. The largest absolute Gasteiger partial charge is 0.387 e. The van der Waals surface area contributed by atoms with Gasteiger partial charge in [-0.3, -0.25) is 0 Å². The second kappa shape index (κ2) is 4.22. The molecule has 0 aliphatic rings. The fourth-order valence-electron chi connectivity index (χ4n) is 0.985. The van der Waals surface area contributed by atoms with Crippen LogP contribution in [0.3, 0.4) is 0 Å². The van der Waals surface area contributed by atoms with E-state index in [9.17, 15) is 4.39 Å². The van der Waals surface area contributed by atoms with Gasteiger partial charge in [-0.15, -0.1) is 0 Å². The Hall–Kier alpha value is -1.38. The Bertz CT molecular complexity index is 356. The van der Waals surface area contributed by atoms with Crippen molar-refractivity contribution in [2.45, 2.75) is 20.8 Å². The van der Waals surface area contributed by atoms with E-state index in [0.717, 1.165) is 0 Å². The van der Waals surface area contributed by atoms with Crippen molar-refractivity contribution in [1.82, 2.24) is 0 Å². The Kier molecular flexibility index (Phi) is 3.23. The zero-order valence-electron chi connectivity index (χ0n) is 8.71. The van der Waals surface area contributed by atoms with E-state index in [1.807, 2.05) is 13.8 Å². The molecule has 0 bridgehead atoms. The van der Waals surface area contributed by atoms with E-state index in [1.54, 1.807) is 19.1 Å². The summed E-state index contributed by atoms with van der Waals surface area (Å²) in [6.45, 7) is 5.60. The SMILES string of the molecule is Cc1c(F)cccc1N=C(N)C(C)C. The van der Waals surface area contributed by atoms with Gasteiger partial charge in [0, 0.05) is 11.5 Å². The number of amidine groups is 1. The first-order valence-corrected chi connectivity index (χ1v) is 4.61. The van der Waals surface area contributed by atoms with E-state index >= 15 is 0 Å². The van der Waals surface area contributed by atoms with Crippen molar-refractivity contribution >= 4 is 11.5 Å². The van der Waals surface area contributed by atoms with Gasteiger partial charge in [0.1, 0.15) is 11.7 Å².